The molecule has 0 saturated heterocycles. The lowest BCUT2D eigenvalue weighted by atomic mass is 9.88. The molecule has 0 bridgehead atoms. The quantitative estimate of drug-likeness (QED) is 0.416. The van der Waals surface area contributed by atoms with Crippen molar-refractivity contribution in [3.63, 3.8) is 0 Å². The molecule has 0 atom stereocenters. The Kier molecular flexibility index (Phi) is 7.46. The summed E-state index contributed by atoms with van der Waals surface area (Å²) in [6.45, 7) is 0.0986. The molecule has 0 aliphatic carbocycles. The lowest BCUT2D eigenvalue weighted by Crippen LogP contribution is -2.30. The molecule has 0 unspecified atom stereocenters. The summed E-state index contributed by atoms with van der Waals surface area (Å²) in [4.78, 5) is 24.2. The molecular formula is C24H23ClN2O3. The SMILES string of the molecule is Nc1cc(C(=O)OCC(=O)NCCC(c2ccccc2)c2ccccc2)ccc1Cl. The van der Waals surface area contributed by atoms with Crippen LogP contribution in [0.5, 0.6) is 0 Å². The van der Waals surface area contributed by atoms with Gasteiger partial charge in [0.15, 0.2) is 6.61 Å². The zero-order chi connectivity index (χ0) is 21.3. The second-order valence-corrected chi connectivity index (χ2v) is 7.23. The number of nitrogen functional groups attached to an aromatic ring is 1. The molecule has 3 aromatic carbocycles. The Hall–Kier alpha value is -3.31. The summed E-state index contributed by atoms with van der Waals surface area (Å²) in [6, 6.07) is 24.8. The van der Waals surface area contributed by atoms with E-state index >= 15 is 0 Å². The minimum absolute atomic E-state index is 0.160. The standard InChI is InChI=1S/C24H23ClN2O3/c25-21-12-11-19(15-22(21)26)24(29)30-16-23(28)27-14-13-20(17-7-3-1-4-8-17)18-9-5-2-6-10-18/h1-12,15,20H,13-14,16,26H2,(H,27,28). The Balaban J connectivity index is 1.52. The van der Waals surface area contributed by atoms with Crippen molar-refractivity contribution in [3.05, 3.63) is 101 Å². The summed E-state index contributed by atoms with van der Waals surface area (Å²) in [5.74, 6) is -0.822. The second kappa shape index (κ2) is 10.5. The molecule has 0 saturated carbocycles. The van der Waals surface area contributed by atoms with E-state index < -0.39 is 5.97 Å². The van der Waals surface area contributed by atoms with Crippen LogP contribution in [0.3, 0.4) is 0 Å². The molecule has 5 nitrogen and oxygen atoms in total. The number of nitrogens with one attached hydrogen (secondary N) is 1. The topological polar surface area (TPSA) is 81.4 Å². The number of amides is 1. The molecule has 0 spiro atoms. The molecule has 3 rings (SSSR count). The van der Waals surface area contributed by atoms with E-state index in [1.54, 1.807) is 0 Å². The van der Waals surface area contributed by atoms with Crippen LogP contribution in [-0.4, -0.2) is 25.0 Å². The number of ether oxygens (including phenoxy) is 1. The number of nitrogens with two attached hydrogens (primary N) is 1. The van der Waals surface area contributed by atoms with E-state index in [0.717, 1.165) is 6.42 Å². The number of carbonyl (C=O) groups is 2. The highest BCUT2D eigenvalue weighted by Gasteiger charge is 2.15. The predicted octanol–water partition coefficient (Wildman–Crippen LogP) is 4.42. The molecule has 0 radical (unpaired) electrons. The van der Waals surface area contributed by atoms with Crippen LogP contribution in [0.2, 0.25) is 5.02 Å². The highest BCUT2D eigenvalue weighted by Crippen LogP contribution is 2.27. The molecule has 30 heavy (non-hydrogen) atoms. The molecule has 154 valence electrons. The van der Waals surface area contributed by atoms with E-state index in [1.807, 2.05) is 36.4 Å². The third kappa shape index (κ3) is 5.84. The minimum atomic E-state index is -0.625. The van der Waals surface area contributed by atoms with Gasteiger partial charge in [-0.2, -0.15) is 0 Å². The molecule has 0 fully saturated rings. The number of benzene rings is 3. The van der Waals surface area contributed by atoms with Gasteiger partial charge in [-0.05, 0) is 35.7 Å². The van der Waals surface area contributed by atoms with Crippen molar-refractivity contribution in [3.8, 4) is 0 Å². The summed E-state index contributed by atoms with van der Waals surface area (Å²) < 4.78 is 5.06. The highest BCUT2D eigenvalue weighted by atomic mass is 35.5. The van der Waals surface area contributed by atoms with Crippen molar-refractivity contribution in [2.45, 2.75) is 12.3 Å². The van der Waals surface area contributed by atoms with Gasteiger partial charge >= 0.3 is 5.97 Å². The lowest BCUT2D eigenvalue weighted by Gasteiger charge is -2.18. The Morgan fingerprint density at radius 1 is 0.933 bits per heavy atom. The van der Waals surface area contributed by atoms with Gasteiger partial charge in [-0.15, -0.1) is 0 Å². The van der Waals surface area contributed by atoms with Crippen LogP contribution >= 0.6 is 11.6 Å². The number of hydrogen-bond acceptors (Lipinski definition) is 4. The maximum atomic E-state index is 12.1. The molecule has 3 aromatic rings. The molecule has 0 aliphatic rings. The molecule has 0 aromatic heterocycles. The van der Waals surface area contributed by atoms with E-state index in [9.17, 15) is 9.59 Å². The van der Waals surface area contributed by atoms with E-state index in [0.29, 0.717) is 11.6 Å². The maximum Gasteiger partial charge on any atom is 0.338 e. The van der Waals surface area contributed by atoms with Crippen LogP contribution in [-0.2, 0) is 9.53 Å². The van der Waals surface area contributed by atoms with Crippen LogP contribution in [0.25, 0.3) is 0 Å². The Labute approximate surface area is 180 Å². The van der Waals surface area contributed by atoms with Gasteiger partial charge in [0.05, 0.1) is 16.3 Å². The molecule has 6 heteroatoms. The Morgan fingerprint density at radius 3 is 2.10 bits per heavy atom. The summed E-state index contributed by atoms with van der Waals surface area (Å²) in [6.07, 6.45) is 0.724. The minimum Gasteiger partial charge on any atom is -0.452 e. The van der Waals surface area contributed by atoms with Crippen molar-refractivity contribution in [2.24, 2.45) is 0 Å². The third-order valence-electron chi connectivity index (χ3n) is 4.73. The van der Waals surface area contributed by atoms with E-state index in [2.05, 4.69) is 29.6 Å². The summed E-state index contributed by atoms with van der Waals surface area (Å²) in [5.41, 5.74) is 8.58. The fourth-order valence-corrected chi connectivity index (χ4v) is 3.31. The van der Waals surface area contributed by atoms with Crippen molar-refractivity contribution >= 4 is 29.2 Å². The van der Waals surface area contributed by atoms with Crippen LogP contribution < -0.4 is 11.1 Å². The number of halogens is 1. The van der Waals surface area contributed by atoms with Crippen LogP contribution in [0, 0.1) is 0 Å². The monoisotopic (exact) mass is 422 g/mol. The smallest absolute Gasteiger partial charge is 0.338 e. The number of esters is 1. The van der Waals surface area contributed by atoms with Gasteiger partial charge in [0, 0.05) is 12.5 Å². The van der Waals surface area contributed by atoms with E-state index in [-0.39, 0.29) is 29.7 Å². The van der Waals surface area contributed by atoms with Gasteiger partial charge in [0.25, 0.3) is 5.91 Å². The van der Waals surface area contributed by atoms with E-state index in [4.69, 9.17) is 22.1 Å². The average Bonchev–Trinajstić information content (AvgIpc) is 2.78. The molecule has 1 amide bonds. The van der Waals surface area contributed by atoms with Gasteiger partial charge < -0.3 is 15.8 Å². The fourth-order valence-electron chi connectivity index (χ4n) is 3.19. The van der Waals surface area contributed by atoms with Crippen LogP contribution in [0.1, 0.15) is 33.8 Å². The number of rotatable bonds is 8. The van der Waals surface area contributed by atoms with Crippen molar-refractivity contribution in [1.29, 1.82) is 0 Å². The number of hydrogen-bond donors (Lipinski definition) is 2. The summed E-state index contributed by atoms with van der Waals surface area (Å²) in [7, 11) is 0. The van der Waals surface area contributed by atoms with E-state index in [1.165, 1.54) is 29.3 Å². The van der Waals surface area contributed by atoms with Gasteiger partial charge in [0.2, 0.25) is 0 Å². The second-order valence-electron chi connectivity index (χ2n) is 6.83. The molecule has 0 aliphatic heterocycles. The van der Waals surface area contributed by atoms with Crippen molar-refractivity contribution in [1.82, 2.24) is 5.32 Å². The largest absolute Gasteiger partial charge is 0.452 e. The van der Waals surface area contributed by atoms with Gasteiger partial charge in [-0.1, -0.05) is 72.3 Å². The average molecular weight is 423 g/mol. The lowest BCUT2D eigenvalue weighted by molar-refractivity contribution is -0.124. The van der Waals surface area contributed by atoms with Crippen LogP contribution in [0.15, 0.2) is 78.9 Å². The molecule has 0 heterocycles. The molecular weight excluding hydrogens is 400 g/mol. The Bertz CT molecular complexity index is 954. The number of carbonyl (C=O) groups excluding carboxylic acids is 2. The fraction of sp³-hybridized carbons (Fsp3) is 0.167. The summed E-state index contributed by atoms with van der Waals surface area (Å²) in [5, 5.41) is 3.18. The highest BCUT2D eigenvalue weighted by molar-refractivity contribution is 6.33. The summed E-state index contributed by atoms with van der Waals surface area (Å²) >= 11 is 5.84. The molecule has 3 N–H and O–H groups in total. The number of anilines is 1. The maximum absolute atomic E-state index is 12.1. The van der Waals surface area contributed by atoms with Crippen molar-refractivity contribution < 1.29 is 14.3 Å². The van der Waals surface area contributed by atoms with Gasteiger partial charge in [0.1, 0.15) is 0 Å². The van der Waals surface area contributed by atoms with Gasteiger partial charge in [-0.25, -0.2) is 4.79 Å². The van der Waals surface area contributed by atoms with Crippen LogP contribution in [0.4, 0.5) is 5.69 Å². The zero-order valence-corrected chi connectivity index (χ0v) is 17.1. The Morgan fingerprint density at radius 2 is 1.53 bits per heavy atom. The zero-order valence-electron chi connectivity index (χ0n) is 16.4. The predicted molar refractivity (Wildman–Crippen MR) is 119 cm³/mol. The third-order valence-corrected chi connectivity index (χ3v) is 5.07. The first-order chi connectivity index (χ1) is 14.5. The van der Waals surface area contributed by atoms with Crippen molar-refractivity contribution in [2.75, 3.05) is 18.9 Å². The first-order valence-corrected chi connectivity index (χ1v) is 10.0. The first kappa shape index (κ1) is 21.4. The normalized spacial score (nSPS) is 10.6. The van der Waals surface area contributed by atoms with Gasteiger partial charge in [-0.3, -0.25) is 4.79 Å². The first-order valence-electron chi connectivity index (χ1n) is 9.63.